The molecule has 0 radical (unpaired) electrons. The minimum atomic E-state index is -0.109. The molecule has 178 valence electrons. The first-order chi connectivity index (χ1) is 16.5. The van der Waals surface area contributed by atoms with E-state index in [2.05, 4.69) is 4.90 Å². The number of hydrogen-bond donors (Lipinski definition) is 0. The van der Waals surface area contributed by atoms with Gasteiger partial charge in [0.1, 0.15) is 5.75 Å². The summed E-state index contributed by atoms with van der Waals surface area (Å²) in [7, 11) is 1.67. The molecule has 0 unspecified atom stereocenters. The van der Waals surface area contributed by atoms with Gasteiger partial charge in [0.2, 0.25) is 0 Å². The third-order valence-corrected chi connectivity index (χ3v) is 6.46. The average Bonchev–Trinajstić information content (AvgIpc) is 2.87. The number of piperazine rings is 1. The number of nitrogens with zero attached hydrogens (tertiary/aromatic N) is 2. The summed E-state index contributed by atoms with van der Waals surface area (Å²) in [6.45, 7) is 6.29. The zero-order valence-corrected chi connectivity index (χ0v) is 20.5. The highest BCUT2D eigenvalue weighted by atomic mass is 35.5. The maximum Gasteiger partial charge on any atom is 0.253 e. The molecule has 34 heavy (non-hydrogen) atoms. The van der Waals surface area contributed by atoms with E-state index >= 15 is 0 Å². The minimum absolute atomic E-state index is 0.100. The second-order valence-electron chi connectivity index (χ2n) is 8.66. The SMILES string of the molecule is COc1cccc(CO[C@@H](CN2CCN(C(=O)c3ccc(C)cc3)CC2)c2ccc(Cl)cc2)c1. The smallest absolute Gasteiger partial charge is 0.253 e. The summed E-state index contributed by atoms with van der Waals surface area (Å²) in [5, 5.41) is 0.707. The van der Waals surface area contributed by atoms with Crippen LogP contribution >= 0.6 is 11.6 Å². The standard InChI is InChI=1S/C28H31ClN2O3/c1-21-6-8-24(9-7-21)28(32)31-16-14-30(15-17-31)19-27(23-10-12-25(29)13-11-23)34-20-22-4-3-5-26(18-22)33-2/h3-13,18,27H,14-17,19-20H2,1-2H3/t27-/m0/s1. The van der Waals surface area contributed by atoms with Crippen molar-refractivity contribution in [3.63, 3.8) is 0 Å². The summed E-state index contributed by atoms with van der Waals surface area (Å²) in [5.74, 6) is 0.918. The Morgan fingerprint density at radius 1 is 0.971 bits per heavy atom. The summed E-state index contributed by atoms with van der Waals surface area (Å²) >= 11 is 6.12. The van der Waals surface area contributed by atoms with Crippen molar-refractivity contribution < 1.29 is 14.3 Å². The Bertz CT molecular complexity index is 1080. The molecule has 1 atom stereocenters. The Morgan fingerprint density at radius 2 is 1.68 bits per heavy atom. The zero-order chi connectivity index (χ0) is 23.9. The third kappa shape index (κ3) is 6.38. The number of amides is 1. The predicted molar refractivity (Wildman–Crippen MR) is 135 cm³/mol. The second kappa shape index (κ2) is 11.5. The molecule has 3 aromatic carbocycles. The van der Waals surface area contributed by atoms with Crippen LogP contribution in [0.4, 0.5) is 0 Å². The van der Waals surface area contributed by atoms with Crippen LogP contribution in [0.15, 0.2) is 72.8 Å². The Morgan fingerprint density at radius 3 is 2.35 bits per heavy atom. The van der Waals surface area contributed by atoms with E-state index in [4.69, 9.17) is 21.1 Å². The van der Waals surface area contributed by atoms with E-state index in [1.807, 2.05) is 84.6 Å². The quantitative estimate of drug-likeness (QED) is 0.436. The van der Waals surface area contributed by atoms with Crippen molar-refractivity contribution in [3.05, 3.63) is 100 Å². The van der Waals surface area contributed by atoms with Gasteiger partial charge in [-0.05, 0) is 54.4 Å². The van der Waals surface area contributed by atoms with Crippen molar-refractivity contribution in [1.29, 1.82) is 0 Å². The highest BCUT2D eigenvalue weighted by Crippen LogP contribution is 2.24. The Labute approximate surface area is 206 Å². The molecule has 5 nitrogen and oxygen atoms in total. The molecule has 3 aromatic rings. The minimum Gasteiger partial charge on any atom is -0.497 e. The van der Waals surface area contributed by atoms with Gasteiger partial charge >= 0.3 is 0 Å². The molecule has 0 aliphatic carbocycles. The van der Waals surface area contributed by atoms with Crippen LogP contribution in [0.2, 0.25) is 5.02 Å². The highest BCUT2D eigenvalue weighted by Gasteiger charge is 2.25. The molecule has 1 saturated heterocycles. The zero-order valence-electron chi connectivity index (χ0n) is 19.7. The lowest BCUT2D eigenvalue weighted by Gasteiger charge is -2.36. The fraction of sp³-hybridized carbons (Fsp3) is 0.321. The first-order valence-corrected chi connectivity index (χ1v) is 12.0. The lowest BCUT2D eigenvalue weighted by Crippen LogP contribution is -2.49. The topological polar surface area (TPSA) is 42.0 Å². The van der Waals surface area contributed by atoms with E-state index in [9.17, 15) is 4.79 Å². The summed E-state index contributed by atoms with van der Waals surface area (Å²) in [4.78, 5) is 17.2. The van der Waals surface area contributed by atoms with Crippen LogP contribution in [0.25, 0.3) is 0 Å². The fourth-order valence-electron chi connectivity index (χ4n) is 4.14. The van der Waals surface area contributed by atoms with Gasteiger partial charge in [-0.3, -0.25) is 9.69 Å². The van der Waals surface area contributed by atoms with Crippen LogP contribution in [-0.2, 0) is 11.3 Å². The van der Waals surface area contributed by atoms with Crippen molar-refractivity contribution >= 4 is 17.5 Å². The van der Waals surface area contributed by atoms with Crippen LogP contribution < -0.4 is 4.74 Å². The van der Waals surface area contributed by atoms with Gasteiger partial charge in [0.25, 0.3) is 5.91 Å². The Kier molecular flexibility index (Phi) is 8.22. The van der Waals surface area contributed by atoms with Gasteiger partial charge in [-0.15, -0.1) is 0 Å². The average molecular weight is 479 g/mol. The molecule has 0 bridgehead atoms. The third-order valence-electron chi connectivity index (χ3n) is 6.21. The van der Waals surface area contributed by atoms with Crippen molar-refractivity contribution in [2.24, 2.45) is 0 Å². The van der Waals surface area contributed by atoms with Gasteiger partial charge in [-0.2, -0.15) is 0 Å². The fourth-order valence-corrected chi connectivity index (χ4v) is 4.26. The van der Waals surface area contributed by atoms with Gasteiger partial charge in [-0.25, -0.2) is 0 Å². The number of carbonyl (C=O) groups is 1. The molecule has 0 N–H and O–H groups in total. The first-order valence-electron chi connectivity index (χ1n) is 11.6. The Balaban J connectivity index is 1.38. The molecule has 6 heteroatoms. The number of aryl methyl sites for hydroxylation is 1. The monoisotopic (exact) mass is 478 g/mol. The number of benzene rings is 3. The van der Waals surface area contributed by atoms with Crippen LogP contribution in [0.1, 0.15) is 33.2 Å². The van der Waals surface area contributed by atoms with Gasteiger partial charge in [0.05, 0.1) is 19.8 Å². The number of carbonyl (C=O) groups excluding carboxylic acids is 1. The van der Waals surface area contributed by atoms with Gasteiger partial charge in [0, 0.05) is 43.3 Å². The van der Waals surface area contributed by atoms with Crippen LogP contribution in [0.3, 0.4) is 0 Å². The van der Waals surface area contributed by atoms with Crippen molar-refractivity contribution in [2.45, 2.75) is 19.6 Å². The molecule has 1 amide bonds. The number of ether oxygens (including phenoxy) is 2. The van der Waals surface area contributed by atoms with E-state index < -0.39 is 0 Å². The number of halogens is 1. The number of hydrogen-bond acceptors (Lipinski definition) is 4. The molecule has 4 rings (SSSR count). The summed E-state index contributed by atoms with van der Waals surface area (Å²) < 4.78 is 11.7. The largest absolute Gasteiger partial charge is 0.497 e. The number of methoxy groups -OCH3 is 1. The van der Waals surface area contributed by atoms with E-state index in [-0.39, 0.29) is 12.0 Å². The molecule has 1 aliphatic heterocycles. The molecular weight excluding hydrogens is 448 g/mol. The predicted octanol–water partition coefficient (Wildman–Crippen LogP) is 5.37. The Hall–Kier alpha value is -2.86. The van der Waals surface area contributed by atoms with Crippen molar-refractivity contribution in [2.75, 3.05) is 39.8 Å². The maximum atomic E-state index is 12.9. The number of rotatable bonds is 8. The molecule has 1 fully saturated rings. The maximum absolute atomic E-state index is 12.9. The van der Waals surface area contributed by atoms with E-state index in [0.29, 0.717) is 24.7 Å². The molecule has 0 aromatic heterocycles. The summed E-state index contributed by atoms with van der Waals surface area (Å²) in [5.41, 5.74) is 4.06. The molecule has 0 saturated carbocycles. The molecule has 1 heterocycles. The van der Waals surface area contributed by atoms with Crippen LogP contribution in [-0.4, -0.2) is 55.5 Å². The lowest BCUT2D eigenvalue weighted by molar-refractivity contribution is 0.00337. The highest BCUT2D eigenvalue weighted by molar-refractivity contribution is 6.30. The second-order valence-corrected chi connectivity index (χ2v) is 9.10. The summed E-state index contributed by atoms with van der Waals surface area (Å²) in [6.07, 6.45) is -0.109. The first kappa shape index (κ1) is 24.3. The van der Waals surface area contributed by atoms with E-state index in [1.54, 1.807) is 7.11 Å². The summed E-state index contributed by atoms with van der Waals surface area (Å²) in [6, 6.07) is 23.6. The van der Waals surface area contributed by atoms with Crippen molar-refractivity contribution in [1.82, 2.24) is 9.80 Å². The molecule has 1 aliphatic rings. The lowest BCUT2D eigenvalue weighted by atomic mass is 10.1. The molecular formula is C28H31ClN2O3. The molecule has 0 spiro atoms. The van der Waals surface area contributed by atoms with Gasteiger partial charge in [-0.1, -0.05) is 53.6 Å². The normalized spacial score (nSPS) is 15.2. The van der Waals surface area contributed by atoms with Gasteiger partial charge in [0.15, 0.2) is 0 Å². The van der Waals surface area contributed by atoms with Crippen LogP contribution in [0.5, 0.6) is 5.75 Å². The van der Waals surface area contributed by atoms with E-state index in [1.165, 1.54) is 0 Å². The van der Waals surface area contributed by atoms with E-state index in [0.717, 1.165) is 47.6 Å². The van der Waals surface area contributed by atoms with Gasteiger partial charge < -0.3 is 14.4 Å². The van der Waals surface area contributed by atoms with Crippen molar-refractivity contribution in [3.8, 4) is 5.75 Å². The van der Waals surface area contributed by atoms with Crippen LogP contribution in [0, 0.1) is 6.92 Å².